The lowest BCUT2D eigenvalue weighted by Gasteiger charge is -2.14. The molecule has 0 heterocycles. The van der Waals surface area contributed by atoms with Gasteiger partial charge in [-0.1, -0.05) is 0 Å². The Balaban J connectivity index is 3.23. The lowest BCUT2D eigenvalue weighted by molar-refractivity contribution is 0.0490. The largest absolute Gasteiger partial charge is 0.493 e. The first kappa shape index (κ1) is 13.0. The summed E-state index contributed by atoms with van der Waals surface area (Å²) in [4.78, 5) is 10.8. The number of methoxy groups -OCH3 is 2. The van der Waals surface area contributed by atoms with Crippen LogP contribution in [0.3, 0.4) is 0 Å². The van der Waals surface area contributed by atoms with Crippen molar-refractivity contribution in [2.75, 3.05) is 21.0 Å². The van der Waals surface area contributed by atoms with Crippen LogP contribution in [0.5, 0.6) is 11.5 Å². The number of hydrogen-bond donors (Lipinski definition) is 0. The molecule has 88 valence electrons. The summed E-state index contributed by atoms with van der Waals surface area (Å²) in [7, 11) is 3.08. The molecule has 1 aromatic rings. The summed E-state index contributed by atoms with van der Waals surface area (Å²) < 4.78 is 16.1. The van der Waals surface area contributed by atoms with Crippen molar-refractivity contribution < 1.29 is 19.0 Å². The molecular formula is C11H13BrO4. The second kappa shape index (κ2) is 5.86. The molecule has 0 aliphatic heterocycles. The molecule has 0 spiro atoms. The highest BCUT2D eigenvalue weighted by Crippen LogP contribution is 2.37. The third-order valence-electron chi connectivity index (χ3n) is 2.10. The number of carbonyl (C=O) groups excluding carboxylic acids is 1. The Morgan fingerprint density at radius 3 is 2.62 bits per heavy atom. The Morgan fingerprint density at radius 2 is 2.12 bits per heavy atom. The molecule has 0 radical (unpaired) electrons. The van der Waals surface area contributed by atoms with Crippen LogP contribution in [0.2, 0.25) is 0 Å². The quantitative estimate of drug-likeness (QED) is 0.617. The number of ether oxygens (including phenoxy) is 3. The Kier molecular flexibility index (Phi) is 4.76. The molecule has 0 saturated heterocycles. The van der Waals surface area contributed by atoms with E-state index >= 15 is 0 Å². The van der Waals surface area contributed by atoms with Gasteiger partial charge in [-0.25, -0.2) is 0 Å². The molecule has 0 bridgehead atoms. The van der Waals surface area contributed by atoms with Crippen LogP contribution in [-0.2, 0) is 4.74 Å². The van der Waals surface area contributed by atoms with Gasteiger partial charge in [-0.2, -0.15) is 0 Å². The molecule has 0 amide bonds. The molecule has 0 saturated carbocycles. The van der Waals surface area contributed by atoms with E-state index in [-0.39, 0.29) is 6.79 Å². The van der Waals surface area contributed by atoms with Crippen molar-refractivity contribution in [3.8, 4) is 11.5 Å². The molecule has 0 aromatic heterocycles. The number of hydrogen-bond acceptors (Lipinski definition) is 4. The predicted molar refractivity (Wildman–Crippen MR) is 63.3 cm³/mol. The number of aldehydes is 1. The molecule has 4 nitrogen and oxygen atoms in total. The van der Waals surface area contributed by atoms with Crippen molar-refractivity contribution in [1.29, 1.82) is 0 Å². The van der Waals surface area contributed by atoms with Gasteiger partial charge in [0.15, 0.2) is 24.6 Å². The number of benzene rings is 1. The van der Waals surface area contributed by atoms with Crippen LogP contribution in [0.4, 0.5) is 0 Å². The van der Waals surface area contributed by atoms with Gasteiger partial charge in [0.25, 0.3) is 0 Å². The van der Waals surface area contributed by atoms with E-state index in [1.165, 1.54) is 7.11 Å². The van der Waals surface area contributed by atoms with E-state index in [2.05, 4.69) is 15.9 Å². The van der Waals surface area contributed by atoms with Gasteiger partial charge in [0, 0.05) is 22.7 Å². The van der Waals surface area contributed by atoms with Crippen LogP contribution in [0, 0.1) is 6.92 Å². The van der Waals surface area contributed by atoms with E-state index in [1.807, 2.05) is 6.92 Å². The molecule has 0 atom stereocenters. The van der Waals surface area contributed by atoms with E-state index in [0.717, 1.165) is 11.8 Å². The summed E-state index contributed by atoms with van der Waals surface area (Å²) in [6.07, 6.45) is 0.760. The minimum Gasteiger partial charge on any atom is -0.493 e. The van der Waals surface area contributed by atoms with Crippen LogP contribution in [-0.4, -0.2) is 27.3 Å². The molecular weight excluding hydrogens is 276 g/mol. The fraction of sp³-hybridized carbons (Fsp3) is 0.364. The van der Waals surface area contributed by atoms with Gasteiger partial charge in [-0.3, -0.25) is 4.79 Å². The third kappa shape index (κ3) is 2.54. The lowest BCUT2D eigenvalue weighted by Crippen LogP contribution is -2.03. The molecule has 0 aliphatic rings. The topological polar surface area (TPSA) is 44.8 Å². The van der Waals surface area contributed by atoms with Gasteiger partial charge < -0.3 is 14.2 Å². The maximum absolute atomic E-state index is 10.8. The minimum absolute atomic E-state index is 0.107. The minimum atomic E-state index is 0.107. The van der Waals surface area contributed by atoms with Crippen molar-refractivity contribution in [2.24, 2.45) is 0 Å². The molecule has 0 unspecified atom stereocenters. The van der Waals surface area contributed by atoms with E-state index in [0.29, 0.717) is 21.5 Å². The van der Waals surface area contributed by atoms with Gasteiger partial charge in [0.2, 0.25) is 0 Å². The van der Waals surface area contributed by atoms with E-state index in [1.54, 1.807) is 13.2 Å². The summed E-state index contributed by atoms with van der Waals surface area (Å²) in [6.45, 7) is 1.95. The molecule has 1 rings (SSSR count). The van der Waals surface area contributed by atoms with E-state index in [4.69, 9.17) is 14.2 Å². The van der Waals surface area contributed by atoms with Crippen molar-refractivity contribution in [2.45, 2.75) is 6.92 Å². The highest BCUT2D eigenvalue weighted by molar-refractivity contribution is 9.10. The molecule has 16 heavy (non-hydrogen) atoms. The zero-order valence-corrected chi connectivity index (χ0v) is 11.0. The second-order valence-corrected chi connectivity index (χ2v) is 3.90. The maximum atomic E-state index is 10.8. The molecule has 0 fully saturated rings. The van der Waals surface area contributed by atoms with Gasteiger partial charge >= 0.3 is 0 Å². The second-order valence-electron chi connectivity index (χ2n) is 3.10. The van der Waals surface area contributed by atoms with Gasteiger partial charge in [0.05, 0.1) is 7.11 Å². The van der Waals surface area contributed by atoms with Crippen LogP contribution >= 0.6 is 15.9 Å². The van der Waals surface area contributed by atoms with Crippen LogP contribution in [0.25, 0.3) is 0 Å². The molecule has 0 N–H and O–H groups in total. The molecule has 1 aromatic carbocycles. The van der Waals surface area contributed by atoms with E-state index < -0.39 is 0 Å². The SMILES string of the molecule is COCOc1cc(C=O)c(Br)c(C)c1OC. The van der Waals surface area contributed by atoms with Crippen molar-refractivity contribution in [1.82, 2.24) is 0 Å². The third-order valence-corrected chi connectivity index (χ3v) is 3.15. The number of halogens is 1. The zero-order valence-electron chi connectivity index (χ0n) is 9.37. The summed E-state index contributed by atoms with van der Waals surface area (Å²) >= 11 is 3.34. The first-order valence-electron chi connectivity index (χ1n) is 4.59. The zero-order chi connectivity index (χ0) is 12.1. The maximum Gasteiger partial charge on any atom is 0.188 e. The summed E-state index contributed by atoms with van der Waals surface area (Å²) in [6, 6.07) is 1.61. The van der Waals surface area contributed by atoms with Gasteiger partial charge in [-0.05, 0) is 28.9 Å². The van der Waals surface area contributed by atoms with Crippen molar-refractivity contribution >= 4 is 22.2 Å². The number of carbonyl (C=O) groups is 1. The fourth-order valence-electron chi connectivity index (χ4n) is 1.34. The predicted octanol–water partition coefficient (Wildman–Crippen LogP) is 2.56. The van der Waals surface area contributed by atoms with E-state index in [9.17, 15) is 4.79 Å². The standard InChI is InChI=1S/C11H13BrO4/c1-7-10(12)8(5-13)4-9(11(7)15-3)16-6-14-2/h4-5H,6H2,1-3H3. The van der Waals surface area contributed by atoms with Crippen LogP contribution in [0.15, 0.2) is 10.5 Å². The highest BCUT2D eigenvalue weighted by atomic mass is 79.9. The van der Waals surface area contributed by atoms with Crippen LogP contribution in [0.1, 0.15) is 15.9 Å². The molecule has 5 heteroatoms. The first-order chi connectivity index (χ1) is 7.65. The summed E-state index contributed by atoms with van der Waals surface area (Å²) in [5, 5.41) is 0. The van der Waals surface area contributed by atoms with Crippen molar-refractivity contribution in [3.05, 3.63) is 21.7 Å². The Morgan fingerprint density at radius 1 is 1.44 bits per heavy atom. The lowest BCUT2D eigenvalue weighted by atomic mass is 10.1. The Labute approximate surface area is 103 Å². The Hall–Kier alpha value is -1.07. The summed E-state index contributed by atoms with van der Waals surface area (Å²) in [5.74, 6) is 1.08. The average Bonchev–Trinajstić information content (AvgIpc) is 2.30. The summed E-state index contributed by atoms with van der Waals surface area (Å²) in [5.41, 5.74) is 1.34. The Bertz CT molecular complexity index is 390. The van der Waals surface area contributed by atoms with Crippen LogP contribution < -0.4 is 9.47 Å². The highest BCUT2D eigenvalue weighted by Gasteiger charge is 2.14. The van der Waals surface area contributed by atoms with Gasteiger partial charge in [-0.15, -0.1) is 0 Å². The molecule has 0 aliphatic carbocycles. The number of rotatable bonds is 5. The smallest absolute Gasteiger partial charge is 0.188 e. The average molecular weight is 289 g/mol. The van der Waals surface area contributed by atoms with Gasteiger partial charge in [0.1, 0.15) is 0 Å². The monoisotopic (exact) mass is 288 g/mol. The normalized spacial score (nSPS) is 10.0. The fourth-order valence-corrected chi connectivity index (χ4v) is 1.73. The van der Waals surface area contributed by atoms with Crippen molar-refractivity contribution in [3.63, 3.8) is 0 Å². The first-order valence-corrected chi connectivity index (χ1v) is 5.39.